The van der Waals surface area contributed by atoms with Crippen LogP contribution in [0.5, 0.6) is 5.88 Å². The van der Waals surface area contributed by atoms with E-state index in [-0.39, 0.29) is 11.3 Å². The van der Waals surface area contributed by atoms with Crippen LogP contribution in [-0.2, 0) is 5.75 Å². The number of aromatic nitrogens is 2. The number of benzene rings is 1. The lowest BCUT2D eigenvalue weighted by Crippen LogP contribution is -2.26. The van der Waals surface area contributed by atoms with Crippen molar-refractivity contribution in [3.63, 3.8) is 0 Å². The van der Waals surface area contributed by atoms with Crippen LogP contribution in [-0.4, -0.2) is 27.3 Å². The van der Waals surface area contributed by atoms with E-state index in [1.807, 2.05) is 0 Å². The number of aliphatic hydroxyl groups excluding tert-OH is 1. The summed E-state index contributed by atoms with van der Waals surface area (Å²) >= 11 is 1.17. The summed E-state index contributed by atoms with van der Waals surface area (Å²) in [6, 6.07) is 5.62. The number of thioether (sulfide) groups is 1. The third kappa shape index (κ3) is 4.38. The second-order valence-electron chi connectivity index (χ2n) is 4.74. The molecule has 0 radical (unpaired) electrons. The van der Waals surface area contributed by atoms with Crippen molar-refractivity contribution in [1.29, 1.82) is 0 Å². The summed E-state index contributed by atoms with van der Waals surface area (Å²) in [4.78, 5) is 8.22. The van der Waals surface area contributed by atoms with Gasteiger partial charge in [-0.15, -0.1) is 0 Å². The second kappa shape index (κ2) is 7.51. The molecule has 2 aromatic rings. The Morgan fingerprint density at radius 3 is 2.77 bits per heavy atom. The summed E-state index contributed by atoms with van der Waals surface area (Å²) in [5.41, 5.74) is 0.247. The van der Waals surface area contributed by atoms with E-state index in [2.05, 4.69) is 9.97 Å². The molecule has 0 aliphatic heterocycles. The Balaban J connectivity index is 2.03. The average molecular weight is 326 g/mol. The SMILES string of the molecule is C[C@H](O)[C@H](C)Oc1ccnc(SCc2cccc(F)c2F)n1. The standard InChI is InChI=1S/C15H16F2N2O2S/c1-9(20)10(2)21-13-6-7-18-15(19-13)22-8-11-4-3-5-12(16)14(11)17/h3-7,9-10,20H,8H2,1-2H3/t9-,10-/m0/s1. The van der Waals surface area contributed by atoms with Crippen LogP contribution in [0.4, 0.5) is 8.78 Å². The first kappa shape index (κ1) is 16.6. The van der Waals surface area contributed by atoms with E-state index >= 15 is 0 Å². The molecule has 0 saturated heterocycles. The van der Waals surface area contributed by atoms with Gasteiger partial charge in [0.1, 0.15) is 6.10 Å². The molecule has 22 heavy (non-hydrogen) atoms. The molecule has 1 aromatic carbocycles. The van der Waals surface area contributed by atoms with Crippen molar-refractivity contribution in [1.82, 2.24) is 9.97 Å². The van der Waals surface area contributed by atoms with Gasteiger partial charge in [-0.2, -0.15) is 4.98 Å². The molecule has 0 spiro atoms. The molecule has 2 atom stereocenters. The Labute approximate surface area is 131 Å². The molecule has 7 heteroatoms. The van der Waals surface area contributed by atoms with Crippen LogP contribution in [0, 0.1) is 11.6 Å². The summed E-state index contributed by atoms with van der Waals surface area (Å²) in [6.45, 7) is 3.34. The average Bonchev–Trinajstić information content (AvgIpc) is 2.49. The molecule has 4 nitrogen and oxygen atoms in total. The second-order valence-corrected chi connectivity index (χ2v) is 5.69. The molecule has 0 aliphatic rings. The highest BCUT2D eigenvalue weighted by Gasteiger charge is 2.12. The van der Waals surface area contributed by atoms with Crippen LogP contribution in [0.2, 0.25) is 0 Å². The lowest BCUT2D eigenvalue weighted by atomic mass is 10.2. The fourth-order valence-corrected chi connectivity index (χ4v) is 2.35. The van der Waals surface area contributed by atoms with Gasteiger partial charge >= 0.3 is 0 Å². The fraction of sp³-hybridized carbons (Fsp3) is 0.333. The smallest absolute Gasteiger partial charge is 0.217 e. The van der Waals surface area contributed by atoms with E-state index in [9.17, 15) is 13.9 Å². The van der Waals surface area contributed by atoms with E-state index in [1.54, 1.807) is 19.9 Å². The van der Waals surface area contributed by atoms with Crippen molar-refractivity contribution >= 4 is 11.8 Å². The molecule has 118 valence electrons. The van der Waals surface area contributed by atoms with Crippen LogP contribution >= 0.6 is 11.8 Å². The molecule has 0 bridgehead atoms. The first-order chi connectivity index (χ1) is 10.5. The number of halogens is 2. The zero-order chi connectivity index (χ0) is 16.1. The minimum atomic E-state index is -0.873. The third-order valence-corrected chi connectivity index (χ3v) is 3.89. The lowest BCUT2D eigenvalue weighted by molar-refractivity contribution is 0.0569. The number of rotatable bonds is 6. The molecule has 0 aliphatic carbocycles. The number of aliphatic hydroxyl groups is 1. The topological polar surface area (TPSA) is 55.2 Å². The molecule has 1 heterocycles. The van der Waals surface area contributed by atoms with Crippen molar-refractivity contribution in [2.45, 2.75) is 37.0 Å². The van der Waals surface area contributed by atoms with Gasteiger partial charge in [0.05, 0.1) is 6.10 Å². The van der Waals surface area contributed by atoms with Crippen molar-refractivity contribution in [2.24, 2.45) is 0 Å². The fourth-order valence-electron chi connectivity index (χ4n) is 1.55. The first-order valence-electron chi connectivity index (χ1n) is 6.71. The first-order valence-corrected chi connectivity index (χ1v) is 7.69. The number of hydrogen-bond donors (Lipinski definition) is 1. The van der Waals surface area contributed by atoms with E-state index in [4.69, 9.17) is 4.74 Å². The number of ether oxygens (including phenoxy) is 1. The van der Waals surface area contributed by atoms with Gasteiger partial charge in [-0.25, -0.2) is 13.8 Å². The summed E-state index contributed by atoms with van der Waals surface area (Å²) in [7, 11) is 0. The molecule has 0 unspecified atom stereocenters. The van der Waals surface area contributed by atoms with E-state index in [0.717, 1.165) is 6.07 Å². The van der Waals surface area contributed by atoms with E-state index in [1.165, 1.54) is 30.1 Å². The number of hydrogen-bond acceptors (Lipinski definition) is 5. The summed E-state index contributed by atoms with van der Waals surface area (Å²) < 4.78 is 32.2. The maximum atomic E-state index is 13.6. The van der Waals surface area contributed by atoms with Gasteiger partial charge in [0.2, 0.25) is 5.88 Å². The van der Waals surface area contributed by atoms with E-state index in [0.29, 0.717) is 11.0 Å². The van der Waals surface area contributed by atoms with Crippen molar-refractivity contribution in [3.05, 3.63) is 47.7 Å². The predicted octanol–water partition coefficient (Wildman–Crippen LogP) is 3.20. The zero-order valence-corrected chi connectivity index (χ0v) is 13.0. The van der Waals surface area contributed by atoms with Crippen LogP contribution < -0.4 is 4.74 Å². The van der Waals surface area contributed by atoms with Gasteiger partial charge in [0.15, 0.2) is 16.8 Å². The Kier molecular flexibility index (Phi) is 5.68. The van der Waals surface area contributed by atoms with Gasteiger partial charge in [0, 0.05) is 23.6 Å². The maximum Gasteiger partial charge on any atom is 0.217 e. The van der Waals surface area contributed by atoms with Crippen molar-refractivity contribution in [2.75, 3.05) is 0 Å². The van der Waals surface area contributed by atoms with Gasteiger partial charge in [0.25, 0.3) is 0 Å². The summed E-state index contributed by atoms with van der Waals surface area (Å²) in [5, 5.41) is 9.80. The highest BCUT2D eigenvalue weighted by Crippen LogP contribution is 2.23. The third-order valence-electron chi connectivity index (χ3n) is 2.98. The normalized spacial score (nSPS) is 13.7. The number of nitrogens with zero attached hydrogens (tertiary/aromatic N) is 2. The Morgan fingerprint density at radius 2 is 2.05 bits per heavy atom. The van der Waals surface area contributed by atoms with Crippen molar-refractivity contribution < 1.29 is 18.6 Å². The molecule has 2 rings (SSSR count). The molecule has 0 fully saturated rings. The quantitative estimate of drug-likeness (QED) is 0.652. The van der Waals surface area contributed by atoms with Gasteiger partial charge in [-0.3, -0.25) is 0 Å². The molecule has 0 amide bonds. The largest absolute Gasteiger partial charge is 0.472 e. The zero-order valence-electron chi connectivity index (χ0n) is 12.2. The molecular formula is C15H16F2N2O2S. The van der Waals surface area contributed by atoms with Crippen LogP contribution in [0.3, 0.4) is 0 Å². The predicted molar refractivity (Wildman–Crippen MR) is 79.7 cm³/mol. The van der Waals surface area contributed by atoms with Crippen LogP contribution in [0.25, 0.3) is 0 Å². The Hall–Kier alpha value is -1.73. The minimum Gasteiger partial charge on any atom is -0.472 e. The van der Waals surface area contributed by atoms with Crippen LogP contribution in [0.1, 0.15) is 19.4 Å². The highest BCUT2D eigenvalue weighted by molar-refractivity contribution is 7.98. The maximum absolute atomic E-state index is 13.6. The monoisotopic (exact) mass is 326 g/mol. The molecule has 1 N–H and O–H groups in total. The summed E-state index contributed by atoms with van der Waals surface area (Å²) in [5.74, 6) is -1.20. The Bertz CT molecular complexity index is 641. The molecule has 0 saturated carbocycles. The molecular weight excluding hydrogens is 310 g/mol. The van der Waals surface area contributed by atoms with Gasteiger partial charge in [-0.05, 0) is 19.9 Å². The van der Waals surface area contributed by atoms with E-state index < -0.39 is 23.8 Å². The van der Waals surface area contributed by atoms with Gasteiger partial charge < -0.3 is 9.84 Å². The molecule has 1 aromatic heterocycles. The lowest BCUT2D eigenvalue weighted by Gasteiger charge is -2.16. The van der Waals surface area contributed by atoms with Crippen molar-refractivity contribution in [3.8, 4) is 5.88 Å². The minimum absolute atomic E-state index is 0.207. The Morgan fingerprint density at radius 1 is 1.27 bits per heavy atom. The van der Waals surface area contributed by atoms with Crippen LogP contribution in [0.15, 0.2) is 35.6 Å². The highest BCUT2D eigenvalue weighted by atomic mass is 32.2. The van der Waals surface area contributed by atoms with Gasteiger partial charge in [-0.1, -0.05) is 23.9 Å². The summed E-state index contributed by atoms with van der Waals surface area (Å²) in [6.07, 6.45) is 0.474.